The van der Waals surface area contributed by atoms with Gasteiger partial charge in [-0.1, -0.05) is 38.9 Å². The van der Waals surface area contributed by atoms with Crippen LogP contribution < -0.4 is 11.5 Å². The van der Waals surface area contributed by atoms with E-state index in [1.165, 1.54) is 19.3 Å². The van der Waals surface area contributed by atoms with E-state index >= 15 is 0 Å². The summed E-state index contributed by atoms with van der Waals surface area (Å²) in [4.78, 5) is 0. The highest BCUT2D eigenvalue weighted by molar-refractivity contribution is 6.15. The van der Waals surface area contributed by atoms with Crippen LogP contribution in [0.4, 0.5) is 0 Å². The first-order valence-corrected chi connectivity index (χ1v) is 7.56. The number of rotatable bonds is 1. The molecule has 0 aromatic rings. The minimum atomic E-state index is -0.285. The zero-order valence-corrected chi connectivity index (χ0v) is 14.0. The van der Waals surface area contributed by atoms with E-state index in [0.717, 1.165) is 11.8 Å². The molecule has 2 nitrogen and oxygen atoms in total. The van der Waals surface area contributed by atoms with Crippen molar-refractivity contribution in [3.63, 3.8) is 0 Å². The topological polar surface area (TPSA) is 52.0 Å². The van der Waals surface area contributed by atoms with E-state index in [0.29, 0.717) is 5.41 Å². The summed E-state index contributed by atoms with van der Waals surface area (Å²) in [5, 5.41) is 0.137. The third-order valence-electron chi connectivity index (χ3n) is 5.96. The molecule has 3 aliphatic carbocycles. The molecule has 4 N–H and O–H groups in total. The highest BCUT2D eigenvalue weighted by atomic mass is 14.9. The maximum absolute atomic E-state index is 6.23. The summed E-state index contributed by atoms with van der Waals surface area (Å²) in [6, 6.07) is 0. The standard InChI is InChI=1S/C10H17B.C6H16N2/c1-9(2)7-4-5-10(3,11)8(9)6-7;1-5(2,7)6(3,4)8/h7-8H,4-6H2,1-3H3;7-8H2,1-4H3. The second kappa shape index (κ2) is 4.77. The van der Waals surface area contributed by atoms with Crippen molar-refractivity contribution in [1.29, 1.82) is 0 Å². The molecule has 3 rings (SSSR count). The van der Waals surface area contributed by atoms with Gasteiger partial charge in [-0.15, -0.1) is 0 Å². The molecule has 3 atom stereocenters. The average Bonchev–Trinajstić information content (AvgIpc) is 2.12. The molecule has 0 saturated heterocycles. The van der Waals surface area contributed by atoms with E-state index in [-0.39, 0.29) is 16.4 Å². The van der Waals surface area contributed by atoms with Crippen LogP contribution in [0, 0.1) is 17.3 Å². The van der Waals surface area contributed by atoms with Crippen molar-refractivity contribution < 1.29 is 0 Å². The monoisotopic (exact) mass is 264 g/mol. The fraction of sp³-hybridized carbons (Fsp3) is 1.00. The summed E-state index contributed by atoms with van der Waals surface area (Å²) < 4.78 is 0. The Morgan fingerprint density at radius 3 is 1.58 bits per heavy atom. The third-order valence-corrected chi connectivity index (χ3v) is 5.96. The van der Waals surface area contributed by atoms with Gasteiger partial charge in [-0.3, -0.25) is 0 Å². The molecule has 0 aromatic heterocycles. The van der Waals surface area contributed by atoms with Crippen molar-refractivity contribution in [2.45, 2.75) is 84.1 Å². The Morgan fingerprint density at radius 2 is 1.42 bits per heavy atom. The quantitative estimate of drug-likeness (QED) is 0.714. The second-order valence-electron chi connectivity index (χ2n) is 8.79. The van der Waals surface area contributed by atoms with Gasteiger partial charge >= 0.3 is 0 Å². The molecule has 3 fully saturated rings. The van der Waals surface area contributed by atoms with Crippen LogP contribution in [0.25, 0.3) is 0 Å². The van der Waals surface area contributed by atoms with Crippen LogP contribution in [0.3, 0.4) is 0 Å². The van der Waals surface area contributed by atoms with E-state index in [2.05, 4.69) is 20.8 Å². The Kier molecular flexibility index (Phi) is 4.28. The van der Waals surface area contributed by atoms with Gasteiger partial charge in [0.15, 0.2) is 0 Å². The number of fused-ring (bicyclic) bond motifs is 2. The smallest absolute Gasteiger partial charge is 0.0746 e. The van der Waals surface area contributed by atoms with Crippen LogP contribution in [-0.2, 0) is 0 Å². The van der Waals surface area contributed by atoms with Gasteiger partial charge in [-0.25, -0.2) is 0 Å². The predicted molar refractivity (Wildman–Crippen MR) is 85.3 cm³/mol. The SMILES string of the molecule is CC(C)(N)C(C)(C)N.[B]C1(C)CCC2CC1C2(C)C. The Bertz CT molecular complexity index is 299. The Hall–Kier alpha value is -0.0151. The molecule has 3 aliphatic rings. The lowest BCUT2D eigenvalue weighted by Crippen LogP contribution is -2.58. The molecule has 2 radical (unpaired) electrons. The minimum absolute atomic E-state index is 0.137. The van der Waals surface area contributed by atoms with E-state index in [1.807, 2.05) is 27.7 Å². The van der Waals surface area contributed by atoms with Gasteiger partial charge < -0.3 is 11.5 Å². The van der Waals surface area contributed by atoms with Gasteiger partial charge in [0.1, 0.15) is 0 Å². The molecule has 0 spiro atoms. The van der Waals surface area contributed by atoms with Crippen molar-refractivity contribution in [3.05, 3.63) is 0 Å². The fourth-order valence-electron chi connectivity index (χ4n) is 3.28. The van der Waals surface area contributed by atoms with E-state index in [1.54, 1.807) is 0 Å². The molecular weight excluding hydrogens is 231 g/mol. The maximum atomic E-state index is 6.23. The van der Waals surface area contributed by atoms with Crippen LogP contribution in [0.5, 0.6) is 0 Å². The summed E-state index contributed by atoms with van der Waals surface area (Å²) in [6.07, 6.45) is 3.99. The molecule has 0 aromatic carbocycles. The molecule has 3 saturated carbocycles. The number of nitrogens with two attached hydrogens (primary N) is 2. The fourth-order valence-corrected chi connectivity index (χ4v) is 3.28. The van der Waals surface area contributed by atoms with Gasteiger partial charge in [-0.2, -0.15) is 0 Å². The van der Waals surface area contributed by atoms with Crippen LogP contribution in [-0.4, -0.2) is 18.9 Å². The largest absolute Gasteiger partial charge is 0.324 e. The van der Waals surface area contributed by atoms with Gasteiger partial charge in [0, 0.05) is 11.1 Å². The highest BCUT2D eigenvalue weighted by Gasteiger charge is 2.56. The number of hydrogen-bond donors (Lipinski definition) is 2. The van der Waals surface area contributed by atoms with Crippen molar-refractivity contribution >= 4 is 7.85 Å². The molecule has 3 heteroatoms. The van der Waals surface area contributed by atoms with Crippen molar-refractivity contribution in [1.82, 2.24) is 0 Å². The second-order valence-corrected chi connectivity index (χ2v) is 8.79. The van der Waals surface area contributed by atoms with Crippen molar-refractivity contribution in [2.75, 3.05) is 0 Å². The molecule has 19 heavy (non-hydrogen) atoms. The first-order chi connectivity index (χ1) is 8.19. The maximum Gasteiger partial charge on any atom is 0.0746 e. The lowest BCUT2D eigenvalue weighted by molar-refractivity contribution is -0.0909. The number of hydrogen-bond acceptors (Lipinski definition) is 2. The van der Waals surface area contributed by atoms with E-state index < -0.39 is 0 Å². The lowest BCUT2D eigenvalue weighted by Gasteiger charge is -2.64. The van der Waals surface area contributed by atoms with Crippen LogP contribution in [0.15, 0.2) is 0 Å². The van der Waals surface area contributed by atoms with Crippen molar-refractivity contribution in [3.8, 4) is 0 Å². The van der Waals surface area contributed by atoms with Gasteiger partial charge in [0.2, 0.25) is 0 Å². The van der Waals surface area contributed by atoms with Gasteiger partial charge in [-0.05, 0) is 51.4 Å². The molecule has 0 heterocycles. The Labute approximate surface area is 121 Å². The molecule has 3 unspecified atom stereocenters. The summed E-state index contributed by atoms with van der Waals surface area (Å²) in [7, 11) is 6.23. The molecular formula is C16H33BN2. The summed E-state index contributed by atoms with van der Waals surface area (Å²) in [5.41, 5.74) is 11.3. The normalized spacial score (nSPS) is 36.9. The van der Waals surface area contributed by atoms with E-state index in [4.69, 9.17) is 19.3 Å². The van der Waals surface area contributed by atoms with Gasteiger partial charge in [0.25, 0.3) is 0 Å². The first-order valence-electron chi connectivity index (χ1n) is 7.56. The Balaban J connectivity index is 0.000000203. The van der Waals surface area contributed by atoms with Crippen LogP contribution >= 0.6 is 0 Å². The summed E-state index contributed by atoms with van der Waals surface area (Å²) in [6.45, 7) is 14.7. The molecule has 110 valence electrons. The van der Waals surface area contributed by atoms with Crippen LogP contribution in [0.1, 0.15) is 67.7 Å². The first kappa shape index (κ1) is 17.0. The highest BCUT2D eigenvalue weighted by Crippen LogP contribution is 2.67. The zero-order valence-electron chi connectivity index (χ0n) is 14.0. The zero-order chi connectivity index (χ0) is 15.3. The lowest BCUT2D eigenvalue weighted by atomic mass is 9.36. The molecule has 0 amide bonds. The minimum Gasteiger partial charge on any atom is -0.324 e. The van der Waals surface area contributed by atoms with Crippen molar-refractivity contribution in [2.24, 2.45) is 28.7 Å². The predicted octanol–water partition coefficient (Wildman–Crippen LogP) is 3.25. The molecule has 2 bridgehead atoms. The molecule has 0 aliphatic heterocycles. The summed E-state index contributed by atoms with van der Waals surface area (Å²) in [5.74, 6) is 1.76. The average molecular weight is 264 g/mol. The van der Waals surface area contributed by atoms with E-state index in [9.17, 15) is 0 Å². The van der Waals surface area contributed by atoms with Gasteiger partial charge in [0.05, 0.1) is 7.85 Å². The van der Waals surface area contributed by atoms with Crippen LogP contribution in [0.2, 0.25) is 5.31 Å². The summed E-state index contributed by atoms with van der Waals surface area (Å²) >= 11 is 0. The Morgan fingerprint density at radius 1 is 1.00 bits per heavy atom. The third kappa shape index (κ3) is 3.36.